The fourth-order valence-electron chi connectivity index (χ4n) is 1.02. The number of nitrogens with zero attached hydrogens (tertiary/aromatic N) is 1. The van der Waals surface area contributed by atoms with Gasteiger partial charge in [-0.3, -0.25) is 4.98 Å². The van der Waals surface area contributed by atoms with Gasteiger partial charge >= 0.3 is 0 Å². The van der Waals surface area contributed by atoms with Gasteiger partial charge in [0.2, 0.25) is 0 Å². The Morgan fingerprint density at radius 2 is 2.45 bits per heavy atom. The summed E-state index contributed by atoms with van der Waals surface area (Å²) in [7, 11) is 0. The smallest absolute Gasteiger partial charge is 0.0435 e. The van der Waals surface area contributed by atoms with Crippen molar-refractivity contribution in [3.05, 3.63) is 42.2 Å². The van der Waals surface area contributed by atoms with E-state index in [-0.39, 0.29) is 0 Å². The summed E-state index contributed by atoms with van der Waals surface area (Å²) in [5, 5.41) is 0. The molecule has 0 N–H and O–H groups in total. The minimum Gasteiger partial charge on any atom is -0.261 e. The van der Waals surface area contributed by atoms with E-state index in [4.69, 9.17) is 0 Å². The molecule has 1 nitrogen and oxygen atoms in total. The van der Waals surface area contributed by atoms with E-state index in [9.17, 15) is 0 Å². The van der Waals surface area contributed by atoms with Crippen molar-refractivity contribution in [3.63, 3.8) is 0 Å². The van der Waals surface area contributed by atoms with Gasteiger partial charge in [-0.2, -0.15) is 0 Å². The van der Waals surface area contributed by atoms with Crippen LogP contribution in [0.15, 0.2) is 31.0 Å². The average Bonchev–Trinajstić information content (AvgIpc) is 2.03. The number of pyridine rings is 1. The largest absolute Gasteiger partial charge is 0.261 e. The molecule has 0 saturated carbocycles. The molecule has 1 aromatic heterocycles. The standard InChI is InChI=1S/C10H13N/c1-3-4-7-10-9(2)6-5-8-11-10/h3,5-6,8H,1,4,7H2,2H3. The van der Waals surface area contributed by atoms with Gasteiger partial charge in [0.25, 0.3) is 0 Å². The lowest BCUT2D eigenvalue weighted by Gasteiger charge is -2.00. The van der Waals surface area contributed by atoms with E-state index >= 15 is 0 Å². The average molecular weight is 147 g/mol. The molecule has 0 spiro atoms. The van der Waals surface area contributed by atoms with Gasteiger partial charge < -0.3 is 0 Å². The van der Waals surface area contributed by atoms with Crippen LogP contribution in [0.2, 0.25) is 0 Å². The van der Waals surface area contributed by atoms with E-state index in [0.29, 0.717) is 0 Å². The van der Waals surface area contributed by atoms with Crippen LogP contribution in [0, 0.1) is 6.92 Å². The van der Waals surface area contributed by atoms with Crippen LogP contribution in [-0.4, -0.2) is 4.98 Å². The van der Waals surface area contributed by atoms with Crippen molar-refractivity contribution in [3.8, 4) is 0 Å². The molecule has 0 atom stereocenters. The molecule has 0 unspecified atom stereocenters. The van der Waals surface area contributed by atoms with Crippen molar-refractivity contribution in [1.29, 1.82) is 0 Å². The summed E-state index contributed by atoms with van der Waals surface area (Å²) in [5.41, 5.74) is 2.46. The molecule has 11 heavy (non-hydrogen) atoms. The van der Waals surface area contributed by atoms with E-state index in [1.807, 2.05) is 18.3 Å². The number of aromatic nitrogens is 1. The Balaban J connectivity index is 2.69. The molecular formula is C10H13N. The highest BCUT2D eigenvalue weighted by Gasteiger charge is 1.95. The third-order valence-electron chi connectivity index (χ3n) is 1.70. The molecule has 1 heterocycles. The molecular weight excluding hydrogens is 134 g/mol. The van der Waals surface area contributed by atoms with Crippen molar-refractivity contribution in [2.75, 3.05) is 0 Å². The maximum absolute atomic E-state index is 4.27. The predicted octanol–water partition coefficient (Wildman–Crippen LogP) is 2.51. The van der Waals surface area contributed by atoms with Crippen molar-refractivity contribution >= 4 is 0 Å². The van der Waals surface area contributed by atoms with E-state index in [2.05, 4.69) is 24.6 Å². The fourth-order valence-corrected chi connectivity index (χ4v) is 1.02. The number of allylic oxidation sites excluding steroid dienone is 1. The molecule has 58 valence electrons. The summed E-state index contributed by atoms with van der Waals surface area (Å²) < 4.78 is 0. The van der Waals surface area contributed by atoms with Gasteiger partial charge in [0.1, 0.15) is 0 Å². The zero-order valence-electron chi connectivity index (χ0n) is 6.88. The van der Waals surface area contributed by atoms with Crippen LogP contribution in [0.25, 0.3) is 0 Å². The normalized spacial score (nSPS) is 9.55. The molecule has 0 bridgehead atoms. The lowest BCUT2D eigenvalue weighted by atomic mass is 10.1. The van der Waals surface area contributed by atoms with Crippen LogP contribution >= 0.6 is 0 Å². The summed E-state index contributed by atoms with van der Waals surface area (Å²) in [6.45, 7) is 5.77. The van der Waals surface area contributed by atoms with Gasteiger partial charge in [0, 0.05) is 11.9 Å². The lowest BCUT2D eigenvalue weighted by Crippen LogP contribution is -1.91. The summed E-state index contributed by atoms with van der Waals surface area (Å²) in [6.07, 6.45) is 5.79. The summed E-state index contributed by atoms with van der Waals surface area (Å²) in [4.78, 5) is 4.27. The second kappa shape index (κ2) is 3.91. The second-order valence-electron chi connectivity index (χ2n) is 2.59. The number of rotatable bonds is 3. The van der Waals surface area contributed by atoms with Crippen LogP contribution in [0.5, 0.6) is 0 Å². The molecule has 0 fully saturated rings. The van der Waals surface area contributed by atoms with Crippen molar-refractivity contribution in [2.24, 2.45) is 0 Å². The molecule has 0 aliphatic rings. The molecule has 0 amide bonds. The first-order chi connectivity index (χ1) is 5.34. The van der Waals surface area contributed by atoms with E-state index in [1.54, 1.807) is 0 Å². The topological polar surface area (TPSA) is 12.9 Å². The third-order valence-corrected chi connectivity index (χ3v) is 1.70. The van der Waals surface area contributed by atoms with Gasteiger partial charge in [0.15, 0.2) is 0 Å². The summed E-state index contributed by atoms with van der Waals surface area (Å²) in [6, 6.07) is 4.05. The number of hydrogen-bond acceptors (Lipinski definition) is 1. The van der Waals surface area contributed by atoms with Crippen molar-refractivity contribution in [1.82, 2.24) is 4.98 Å². The Morgan fingerprint density at radius 3 is 3.09 bits per heavy atom. The number of hydrogen-bond donors (Lipinski definition) is 0. The molecule has 0 aromatic carbocycles. The molecule has 0 saturated heterocycles. The van der Waals surface area contributed by atoms with E-state index in [1.165, 1.54) is 11.3 Å². The Morgan fingerprint density at radius 1 is 1.64 bits per heavy atom. The van der Waals surface area contributed by atoms with Crippen LogP contribution in [0.1, 0.15) is 17.7 Å². The maximum atomic E-state index is 4.27. The zero-order valence-corrected chi connectivity index (χ0v) is 6.88. The van der Waals surface area contributed by atoms with Crippen LogP contribution in [0.3, 0.4) is 0 Å². The van der Waals surface area contributed by atoms with Gasteiger partial charge in [0.05, 0.1) is 0 Å². The monoisotopic (exact) mass is 147 g/mol. The highest BCUT2D eigenvalue weighted by Crippen LogP contribution is 2.05. The minimum atomic E-state index is 1.01. The van der Waals surface area contributed by atoms with Crippen LogP contribution in [-0.2, 0) is 6.42 Å². The lowest BCUT2D eigenvalue weighted by molar-refractivity contribution is 0.929. The maximum Gasteiger partial charge on any atom is 0.0435 e. The van der Waals surface area contributed by atoms with Crippen molar-refractivity contribution in [2.45, 2.75) is 19.8 Å². The fraction of sp³-hybridized carbons (Fsp3) is 0.300. The number of aryl methyl sites for hydroxylation is 2. The Labute approximate surface area is 67.8 Å². The van der Waals surface area contributed by atoms with Gasteiger partial charge in [-0.05, 0) is 31.4 Å². The highest BCUT2D eigenvalue weighted by atomic mass is 14.7. The summed E-state index contributed by atoms with van der Waals surface area (Å²) in [5.74, 6) is 0. The Kier molecular flexibility index (Phi) is 2.84. The molecule has 0 aliphatic carbocycles. The minimum absolute atomic E-state index is 1.01. The first-order valence-corrected chi connectivity index (χ1v) is 3.86. The first kappa shape index (κ1) is 7.99. The van der Waals surface area contributed by atoms with Crippen LogP contribution in [0.4, 0.5) is 0 Å². The first-order valence-electron chi connectivity index (χ1n) is 3.86. The van der Waals surface area contributed by atoms with Gasteiger partial charge in [-0.15, -0.1) is 6.58 Å². The SMILES string of the molecule is C=CCCc1ncccc1C. The predicted molar refractivity (Wildman–Crippen MR) is 47.5 cm³/mol. The van der Waals surface area contributed by atoms with Crippen LogP contribution < -0.4 is 0 Å². The van der Waals surface area contributed by atoms with E-state index in [0.717, 1.165) is 12.8 Å². The van der Waals surface area contributed by atoms with Crippen molar-refractivity contribution < 1.29 is 0 Å². The van der Waals surface area contributed by atoms with E-state index < -0.39 is 0 Å². The Bertz CT molecular complexity index is 240. The van der Waals surface area contributed by atoms with Gasteiger partial charge in [-0.1, -0.05) is 12.1 Å². The quantitative estimate of drug-likeness (QED) is 0.598. The molecule has 1 heteroatoms. The molecule has 1 rings (SSSR count). The molecule has 0 aliphatic heterocycles. The molecule has 1 aromatic rings. The Hall–Kier alpha value is -1.11. The molecule has 0 radical (unpaired) electrons. The second-order valence-corrected chi connectivity index (χ2v) is 2.59. The highest BCUT2D eigenvalue weighted by molar-refractivity contribution is 5.17. The summed E-state index contributed by atoms with van der Waals surface area (Å²) >= 11 is 0. The zero-order chi connectivity index (χ0) is 8.10. The van der Waals surface area contributed by atoms with Gasteiger partial charge in [-0.25, -0.2) is 0 Å². The third kappa shape index (κ3) is 2.19.